The van der Waals surface area contributed by atoms with E-state index in [9.17, 15) is 8.78 Å². The summed E-state index contributed by atoms with van der Waals surface area (Å²) in [5.74, 6) is -1.58. The lowest BCUT2D eigenvalue weighted by Crippen LogP contribution is -1.88. The van der Waals surface area contributed by atoms with Crippen LogP contribution in [0.2, 0.25) is 0 Å². The van der Waals surface area contributed by atoms with Crippen molar-refractivity contribution in [3.05, 3.63) is 42.3 Å². The highest BCUT2D eigenvalue weighted by molar-refractivity contribution is 5.17. The maximum absolute atomic E-state index is 12.5. The molecule has 0 saturated heterocycles. The lowest BCUT2D eigenvalue weighted by atomic mass is 10.1. The Morgan fingerprint density at radius 1 is 1.18 bits per heavy atom. The van der Waals surface area contributed by atoms with Crippen molar-refractivity contribution in [2.75, 3.05) is 0 Å². The van der Waals surface area contributed by atoms with Gasteiger partial charge in [0.05, 0.1) is 0 Å². The highest BCUT2D eigenvalue weighted by Gasteiger charge is 2.00. The van der Waals surface area contributed by atoms with Crippen LogP contribution < -0.4 is 0 Å². The summed E-state index contributed by atoms with van der Waals surface area (Å²) in [4.78, 5) is 0. The van der Waals surface area contributed by atoms with Crippen LogP contribution in [0.15, 0.2) is 18.2 Å². The minimum atomic E-state index is -0.794. The summed E-state index contributed by atoms with van der Waals surface area (Å²) in [6.45, 7) is 3.62. The molecule has 0 amide bonds. The van der Waals surface area contributed by atoms with Gasteiger partial charge in [0.25, 0.3) is 0 Å². The van der Waals surface area contributed by atoms with Gasteiger partial charge in [-0.25, -0.2) is 8.78 Å². The fraction of sp³-hybridized carbons (Fsp3) is 0.222. The molecule has 0 heterocycles. The third-order valence-corrected chi connectivity index (χ3v) is 1.45. The third kappa shape index (κ3) is 2.00. The number of benzene rings is 1. The van der Waals surface area contributed by atoms with Crippen LogP contribution in [0.1, 0.15) is 12.0 Å². The molecule has 0 aromatic heterocycles. The van der Waals surface area contributed by atoms with Crippen molar-refractivity contribution < 1.29 is 8.78 Å². The molecule has 2 heteroatoms. The monoisotopic (exact) mass is 155 g/mol. The second kappa shape index (κ2) is 3.46. The zero-order valence-electron chi connectivity index (χ0n) is 6.11. The Bertz CT molecular complexity index is 243. The first-order valence-corrected chi connectivity index (χ1v) is 3.47. The summed E-state index contributed by atoms with van der Waals surface area (Å²) in [6, 6.07) is 3.92. The summed E-state index contributed by atoms with van der Waals surface area (Å²) in [5.41, 5.74) is 0.791. The van der Waals surface area contributed by atoms with Gasteiger partial charge in [-0.3, -0.25) is 0 Å². The van der Waals surface area contributed by atoms with Crippen molar-refractivity contribution in [1.82, 2.24) is 0 Å². The van der Waals surface area contributed by atoms with Gasteiger partial charge in [-0.05, 0) is 30.5 Å². The first kappa shape index (κ1) is 8.18. The average Bonchev–Trinajstić information content (AvgIpc) is 1.98. The van der Waals surface area contributed by atoms with Gasteiger partial charge in [0, 0.05) is 0 Å². The van der Waals surface area contributed by atoms with E-state index >= 15 is 0 Å². The molecule has 0 aliphatic rings. The molecular weight excluding hydrogens is 146 g/mol. The summed E-state index contributed by atoms with van der Waals surface area (Å²) < 4.78 is 24.9. The lowest BCUT2D eigenvalue weighted by Gasteiger charge is -1.97. The van der Waals surface area contributed by atoms with Crippen LogP contribution in [0.5, 0.6) is 0 Å². The van der Waals surface area contributed by atoms with Crippen LogP contribution in [-0.4, -0.2) is 0 Å². The molecule has 0 aliphatic carbocycles. The molecular formula is C9H9F2. The van der Waals surface area contributed by atoms with Crippen molar-refractivity contribution in [2.24, 2.45) is 0 Å². The maximum atomic E-state index is 12.5. The Labute approximate surface area is 64.9 Å². The minimum absolute atomic E-state index is 0.692. The van der Waals surface area contributed by atoms with E-state index in [0.717, 1.165) is 11.6 Å². The molecule has 0 atom stereocenters. The second-order valence-corrected chi connectivity index (χ2v) is 2.35. The molecule has 0 fully saturated rings. The zero-order chi connectivity index (χ0) is 8.27. The largest absolute Gasteiger partial charge is 0.204 e. The van der Waals surface area contributed by atoms with E-state index in [1.54, 1.807) is 6.07 Å². The molecule has 59 valence electrons. The highest BCUT2D eigenvalue weighted by atomic mass is 19.2. The smallest absolute Gasteiger partial charge is 0.159 e. The fourth-order valence-electron chi connectivity index (χ4n) is 0.899. The number of halogens is 2. The zero-order valence-corrected chi connectivity index (χ0v) is 6.11. The first-order valence-electron chi connectivity index (χ1n) is 3.47. The van der Waals surface area contributed by atoms with Crippen LogP contribution in [0.25, 0.3) is 0 Å². The van der Waals surface area contributed by atoms with Crippen LogP contribution in [0, 0.1) is 18.6 Å². The van der Waals surface area contributed by atoms with Crippen LogP contribution in [0.3, 0.4) is 0 Å². The van der Waals surface area contributed by atoms with E-state index < -0.39 is 11.6 Å². The Kier molecular flexibility index (Phi) is 2.58. The van der Waals surface area contributed by atoms with Gasteiger partial charge in [0.1, 0.15) is 0 Å². The first-order chi connectivity index (χ1) is 5.24. The van der Waals surface area contributed by atoms with Gasteiger partial charge < -0.3 is 0 Å². The van der Waals surface area contributed by atoms with Crippen molar-refractivity contribution in [2.45, 2.75) is 12.8 Å². The van der Waals surface area contributed by atoms with Gasteiger partial charge in [-0.2, -0.15) is 0 Å². The van der Waals surface area contributed by atoms with Gasteiger partial charge in [-0.15, -0.1) is 0 Å². The van der Waals surface area contributed by atoms with Crippen LogP contribution >= 0.6 is 0 Å². The van der Waals surface area contributed by atoms with E-state index in [-0.39, 0.29) is 0 Å². The molecule has 0 saturated carbocycles. The summed E-state index contributed by atoms with van der Waals surface area (Å²) >= 11 is 0. The molecule has 0 aliphatic heterocycles. The van der Waals surface area contributed by atoms with Crippen molar-refractivity contribution in [3.8, 4) is 0 Å². The van der Waals surface area contributed by atoms with Gasteiger partial charge in [0.2, 0.25) is 0 Å². The average molecular weight is 155 g/mol. The van der Waals surface area contributed by atoms with Gasteiger partial charge >= 0.3 is 0 Å². The highest BCUT2D eigenvalue weighted by Crippen LogP contribution is 2.09. The Morgan fingerprint density at radius 3 is 2.45 bits per heavy atom. The molecule has 0 spiro atoms. The number of hydrogen-bond donors (Lipinski definition) is 0. The molecule has 0 nitrogen and oxygen atoms in total. The van der Waals surface area contributed by atoms with Crippen molar-refractivity contribution in [3.63, 3.8) is 0 Å². The van der Waals surface area contributed by atoms with E-state index in [4.69, 9.17) is 0 Å². The topological polar surface area (TPSA) is 0 Å². The number of aryl methyl sites for hydroxylation is 1. The predicted octanol–water partition coefficient (Wildman–Crippen LogP) is 2.73. The van der Waals surface area contributed by atoms with Crippen molar-refractivity contribution >= 4 is 0 Å². The molecule has 0 unspecified atom stereocenters. The predicted molar refractivity (Wildman–Crippen MR) is 40.0 cm³/mol. The second-order valence-electron chi connectivity index (χ2n) is 2.35. The summed E-state index contributed by atoms with van der Waals surface area (Å²) in [7, 11) is 0. The molecule has 1 aromatic rings. The van der Waals surface area contributed by atoms with E-state index in [0.29, 0.717) is 12.8 Å². The quantitative estimate of drug-likeness (QED) is 0.616. The molecule has 1 aromatic carbocycles. The normalized spacial score (nSPS) is 10.1. The number of hydrogen-bond acceptors (Lipinski definition) is 0. The fourth-order valence-corrected chi connectivity index (χ4v) is 0.899. The van der Waals surface area contributed by atoms with E-state index in [1.165, 1.54) is 6.07 Å². The standard InChI is InChI=1S/C9H9F2/c1-2-3-7-4-5-8(10)9(11)6-7/h4-6H,1-3H2. The van der Waals surface area contributed by atoms with E-state index in [1.807, 2.05) is 0 Å². The van der Waals surface area contributed by atoms with Crippen LogP contribution in [0.4, 0.5) is 8.78 Å². The maximum Gasteiger partial charge on any atom is 0.159 e. The van der Waals surface area contributed by atoms with Gasteiger partial charge in [0.15, 0.2) is 11.6 Å². The van der Waals surface area contributed by atoms with Crippen molar-refractivity contribution in [1.29, 1.82) is 0 Å². The summed E-state index contributed by atoms with van der Waals surface area (Å²) in [5, 5.41) is 0. The Hall–Kier alpha value is -0.920. The Balaban J connectivity index is 2.86. The van der Waals surface area contributed by atoms with Gasteiger partial charge in [-0.1, -0.05) is 13.0 Å². The molecule has 0 N–H and O–H groups in total. The molecule has 0 bridgehead atoms. The SMILES string of the molecule is [CH2]CCc1ccc(F)c(F)c1. The number of rotatable bonds is 2. The molecule has 11 heavy (non-hydrogen) atoms. The lowest BCUT2D eigenvalue weighted by molar-refractivity contribution is 0.507. The minimum Gasteiger partial charge on any atom is -0.204 e. The molecule has 1 rings (SSSR count). The summed E-state index contributed by atoms with van der Waals surface area (Å²) in [6.07, 6.45) is 1.39. The Morgan fingerprint density at radius 2 is 1.91 bits per heavy atom. The molecule has 1 radical (unpaired) electrons. The van der Waals surface area contributed by atoms with Crippen LogP contribution in [-0.2, 0) is 6.42 Å². The third-order valence-electron chi connectivity index (χ3n) is 1.45. The van der Waals surface area contributed by atoms with E-state index in [2.05, 4.69) is 6.92 Å².